The first kappa shape index (κ1) is 14.1. The first-order chi connectivity index (χ1) is 8.63. The molecule has 1 rings (SSSR count). The van der Waals surface area contributed by atoms with Gasteiger partial charge in [0, 0.05) is 11.4 Å². The molecule has 1 N–H and O–H groups in total. The second kappa shape index (κ2) is 6.72. The average molecular weight is 262 g/mol. The molecule has 5 heteroatoms. The van der Waals surface area contributed by atoms with Crippen molar-refractivity contribution < 1.29 is 9.90 Å². The van der Waals surface area contributed by atoms with Crippen LogP contribution in [0.5, 0.6) is 0 Å². The fourth-order valence-corrected chi connectivity index (χ4v) is 2.20. The van der Waals surface area contributed by atoms with Gasteiger partial charge in [-0.3, -0.25) is 4.79 Å². The Morgan fingerprint density at radius 1 is 1.67 bits per heavy atom. The number of hydrogen-bond donors (Lipinski definition) is 1. The molecule has 0 spiro atoms. The summed E-state index contributed by atoms with van der Waals surface area (Å²) < 4.78 is 0. The Bertz CT molecular complexity index is 494. The van der Waals surface area contributed by atoms with Crippen molar-refractivity contribution in [2.24, 2.45) is 0 Å². The van der Waals surface area contributed by atoms with Gasteiger partial charge in [-0.15, -0.1) is 18.3 Å². The molecular formula is C13H14N2O2S. The van der Waals surface area contributed by atoms with Gasteiger partial charge in [0.1, 0.15) is 12.6 Å². The third-order valence-electron chi connectivity index (χ3n) is 2.35. The summed E-state index contributed by atoms with van der Waals surface area (Å²) in [6.45, 7) is 3.84. The summed E-state index contributed by atoms with van der Waals surface area (Å²) in [5.74, 6) is -0.935. The molecule has 0 aliphatic heterocycles. The summed E-state index contributed by atoms with van der Waals surface area (Å²) in [6, 6.07) is 7.56. The number of carboxylic acids is 1. The van der Waals surface area contributed by atoms with E-state index in [1.165, 1.54) is 11.8 Å². The number of carbonyl (C=O) groups is 1. The summed E-state index contributed by atoms with van der Waals surface area (Å²) in [5, 5.41) is 18.1. The maximum Gasteiger partial charge on any atom is 0.323 e. The highest BCUT2D eigenvalue weighted by Crippen LogP contribution is 2.28. The van der Waals surface area contributed by atoms with E-state index in [4.69, 9.17) is 5.11 Å². The lowest BCUT2D eigenvalue weighted by molar-refractivity contribution is -0.135. The SMILES string of the molecule is C=CCN(CC(=O)O)c1cccc(SC)c1C#N. The molecule has 0 amide bonds. The molecule has 0 saturated carbocycles. The number of thioether (sulfide) groups is 1. The normalized spacial score (nSPS) is 9.56. The number of carboxylic acid groups (broad SMARTS) is 1. The summed E-state index contributed by atoms with van der Waals surface area (Å²) >= 11 is 1.47. The van der Waals surface area contributed by atoms with E-state index >= 15 is 0 Å². The van der Waals surface area contributed by atoms with Gasteiger partial charge in [-0.25, -0.2) is 0 Å². The Kier molecular flexibility index (Phi) is 5.28. The van der Waals surface area contributed by atoms with E-state index in [1.54, 1.807) is 17.0 Å². The zero-order chi connectivity index (χ0) is 13.5. The molecule has 0 radical (unpaired) electrons. The quantitative estimate of drug-likeness (QED) is 0.629. The van der Waals surface area contributed by atoms with Crippen LogP contribution in [0.2, 0.25) is 0 Å². The Morgan fingerprint density at radius 3 is 2.89 bits per heavy atom. The largest absolute Gasteiger partial charge is 0.480 e. The molecule has 0 aliphatic carbocycles. The van der Waals surface area contributed by atoms with Gasteiger partial charge in [0.25, 0.3) is 0 Å². The molecule has 0 saturated heterocycles. The van der Waals surface area contributed by atoms with Crippen LogP contribution in [-0.4, -0.2) is 30.4 Å². The molecule has 0 bridgehead atoms. The molecular weight excluding hydrogens is 248 g/mol. The molecule has 0 atom stereocenters. The number of nitriles is 1. The van der Waals surface area contributed by atoms with Gasteiger partial charge in [-0.05, 0) is 18.4 Å². The molecule has 0 aliphatic rings. The van der Waals surface area contributed by atoms with Crippen LogP contribution >= 0.6 is 11.8 Å². The van der Waals surface area contributed by atoms with Gasteiger partial charge in [0.2, 0.25) is 0 Å². The van der Waals surface area contributed by atoms with E-state index in [0.717, 1.165) is 4.90 Å². The number of benzene rings is 1. The van der Waals surface area contributed by atoms with E-state index in [2.05, 4.69) is 12.6 Å². The van der Waals surface area contributed by atoms with Gasteiger partial charge < -0.3 is 10.0 Å². The van der Waals surface area contributed by atoms with Crippen LogP contribution in [0.1, 0.15) is 5.56 Å². The summed E-state index contributed by atoms with van der Waals surface area (Å²) in [7, 11) is 0. The van der Waals surface area contributed by atoms with Gasteiger partial charge in [0.15, 0.2) is 0 Å². The zero-order valence-electron chi connectivity index (χ0n) is 10.1. The monoisotopic (exact) mass is 262 g/mol. The highest BCUT2D eigenvalue weighted by atomic mass is 32.2. The van der Waals surface area contributed by atoms with Gasteiger partial charge in [-0.1, -0.05) is 12.1 Å². The lowest BCUT2D eigenvalue weighted by Crippen LogP contribution is -2.30. The molecule has 94 valence electrons. The van der Waals surface area contributed by atoms with Crippen molar-refractivity contribution >= 4 is 23.4 Å². The number of anilines is 1. The first-order valence-electron chi connectivity index (χ1n) is 5.28. The van der Waals surface area contributed by atoms with Crippen LogP contribution in [0.3, 0.4) is 0 Å². The Balaban J connectivity index is 3.22. The van der Waals surface area contributed by atoms with E-state index in [-0.39, 0.29) is 6.54 Å². The molecule has 4 nitrogen and oxygen atoms in total. The third-order valence-corrected chi connectivity index (χ3v) is 3.13. The molecule has 0 fully saturated rings. The van der Waals surface area contributed by atoms with E-state index in [9.17, 15) is 10.1 Å². The Morgan fingerprint density at radius 2 is 2.39 bits per heavy atom. The maximum atomic E-state index is 10.8. The minimum Gasteiger partial charge on any atom is -0.480 e. The van der Waals surface area contributed by atoms with Gasteiger partial charge >= 0.3 is 5.97 Å². The Labute approximate surface area is 111 Å². The molecule has 0 aromatic heterocycles. The van der Waals surface area contributed by atoms with Crippen LogP contribution < -0.4 is 4.90 Å². The summed E-state index contributed by atoms with van der Waals surface area (Å²) in [4.78, 5) is 13.3. The lowest BCUT2D eigenvalue weighted by Gasteiger charge is -2.23. The number of hydrogen-bond acceptors (Lipinski definition) is 4. The van der Waals surface area contributed by atoms with E-state index in [1.807, 2.05) is 18.4 Å². The molecule has 18 heavy (non-hydrogen) atoms. The highest BCUT2D eigenvalue weighted by Gasteiger charge is 2.15. The third kappa shape index (κ3) is 3.28. The molecule has 0 heterocycles. The number of nitrogens with zero attached hydrogens (tertiary/aromatic N) is 2. The second-order valence-corrected chi connectivity index (χ2v) is 4.38. The predicted octanol–water partition coefficient (Wildman–Crippen LogP) is 2.36. The van der Waals surface area contributed by atoms with Crippen LogP contribution in [0, 0.1) is 11.3 Å². The minimum absolute atomic E-state index is 0.154. The average Bonchev–Trinajstić information content (AvgIpc) is 2.36. The van der Waals surface area contributed by atoms with Crippen molar-refractivity contribution in [1.82, 2.24) is 0 Å². The van der Waals surface area contributed by atoms with Crippen LogP contribution in [0.15, 0.2) is 35.7 Å². The van der Waals surface area contributed by atoms with Gasteiger partial charge in [-0.2, -0.15) is 5.26 Å². The molecule has 1 aromatic carbocycles. The highest BCUT2D eigenvalue weighted by molar-refractivity contribution is 7.98. The molecule has 1 aromatic rings. The predicted molar refractivity (Wildman–Crippen MR) is 73.0 cm³/mol. The van der Waals surface area contributed by atoms with Crippen molar-refractivity contribution in [1.29, 1.82) is 5.26 Å². The Hall–Kier alpha value is -1.93. The minimum atomic E-state index is -0.935. The van der Waals surface area contributed by atoms with Crippen molar-refractivity contribution in [2.45, 2.75) is 4.90 Å². The van der Waals surface area contributed by atoms with Crippen molar-refractivity contribution in [3.63, 3.8) is 0 Å². The second-order valence-electron chi connectivity index (χ2n) is 3.53. The number of rotatable bonds is 6. The first-order valence-corrected chi connectivity index (χ1v) is 6.51. The van der Waals surface area contributed by atoms with E-state index < -0.39 is 5.97 Å². The zero-order valence-corrected chi connectivity index (χ0v) is 10.9. The lowest BCUT2D eigenvalue weighted by atomic mass is 10.1. The van der Waals surface area contributed by atoms with Crippen LogP contribution in [0.25, 0.3) is 0 Å². The number of aliphatic carboxylic acids is 1. The van der Waals surface area contributed by atoms with Crippen molar-refractivity contribution in [3.8, 4) is 6.07 Å². The van der Waals surface area contributed by atoms with E-state index in [0.29, 0.717) is 17.8 Å². The smallest absolute Gasteiger partial charge is 0.323 e. The van der Waals surface area contributed by atoms with Gasteiger partial charge in [0.05, 0.1) is 11.3 Å². The summed E-state index contributed by atoms with van der Waals surface area (Å²) in [6.07, 6.45) is 3.50. The van der Waals surface area contributed by atoms with Crippen molar-refractivity contribution in [3.05, 3.63) is 36.4 Å². The van der Waals surface area contributed by atoms with Crippen LogP contribution in [0.4, 0.5) is 5.69 Å². The topological polar surface area (TPSA) is 64.3 Å². The fraction of sp³-hybridized carbons (Fsp3) is 0.231. The molecule has 0 unspecified atom stereocenters. The maximum absolute atomic E-state index is 10.8. The standard InChI is InChI=1S/C13H14N2O2S/c1-3-7-15(9-13(16)17)11-5-4-6-12(18-2)10(11)8-14/h3-6H,1,7,9H2,2H3,(H,16,17). The van der Waals surface area contributed by atoms with Crippen LogP contribution in [-0.2, 0) is 4.79 Å². The fourth-order valence-electron chi connectivity index (χ4n) is 1.63. The summed E-state index contributed by atoms with van der Waals surface area (Å²) in [5.41, 5.74) is 1.14. The van der Waals surface area contributed by atoms with Crippen molar-refractivity contribution in [2.75, 3.05) is 24.2 Å².